The molecule has 0 atom stereocenters. The summed E-state index contributed by atoms with van der Waals surface area (Å²) in [5.41, 5.74) is 6.82. The zero-order chi connectivity index (χ0) is 20.3. The van der Waals surface area contributed by atoms with Gasteiger partial charge in [0, 0.05) is 24.0 Å². The molecular formula is C21H22N4O2S2. The monoisotopic (exact) mass is 426 g/mol. The predicted octanol–water partition coefficient (Wildman–Crippen LogP) is 4.35. The van der Waals surface area contributed by atoms with Gasteiger partial charge in [-0.15, -0.1) is 11.3 Å². The topological polar surface area (TPSA) is 74.7 Å². The number of hydrogen-bond donors (Lipinski definition) is 1. The van der Waals surface area contributed by atoms with Crippen LogP contribution in [0.4, 0.5) is 5.13 Å². The van der Waals surface area contributed by atoms with Gasteiger partial charge in [-0.05, 0) is 37.5 Å². The Morgan fingerprint density at radius 2 is 1.76 bits per heavy atom. The van der Waals surface area contributed by atoms with Gasteiger partial charge in [-0.2, -0.15) is 9.41 Å². The minimum atomic E-state index is -3.39. The zero-order valence-electron chi connectivity index (χ0n) is 16.1. The number of nitrogens with zero attached hydrogens (tertiary/aromatic N) is 3. The molecular weight excluding hydrogens is 404 g/mol. The second-order valence-electron chi connectivity index (χ2n) is 6.95. The lowest BCUT2D eigenvalue weighted by Crippen LogP contribution is -2.27. The van der Waals surface area contributed by atoms with E-state index in [9.17, 15) is 8.42 Å². The third kappa shape index (κ3) is 4.55. The highest BCUT2D eigenvalue weighted by Crippen LogP contribution is 2.27. The first-order valence-corrected chi connectivity index (χ1v) is 11.8. The molecule has 2 aromatic carbocycles. The van der Waals surface area contributed by atoms with Crippen LogP contribution >= 0.6 is 11.3 Å². The van der Waals surface area contributed by atoms with E-state index in [1.807, 2.05) is 36.6 Å². The van der Waals surface area contributed by atoms with Crippen LogP contribution in [0.15, 0.2) is 63.9 Å². The smallest absolute Gasteiger partial charge is 0.243 e. The highest BCUT2D eigenvalue weighted by atomic mass is 32.2. The molecule has 150 valence electrons. The van der Waals surface area contributed by atoms with E-state index in [0.717, 1.165) is 29.7 Å². The summed E-state index contributed by atoms with van der Waals surface area (Å²) in [4.78, 5) is 4.86. The van der Waals surface area contributed by atoms with Gasteiger partial charge in [-0.1, -0.05) is 42.0 Å². The van der Waals surface area contributed by atoms with Crippen molar-refractivity contribution in [2.75, 3.05) is 18.5 Å². The summed E-state index contributed by atoms with van der Waals surface area (Å²) in [6, 6.07) is 15.0. The number of aromatic nitrogens is 1. The first kappa shape index (κ1) is 19.8. The Labute approximate surface area is 175 Å². The third-order valence-corrected chi connectivity index (χ3v) is 7.47. The summed E-state index contributed by atoms with van der Waals surface area (Å²) in [6.45, 7) is 3.26. The van der Waals surface area contributed by atoms with Gasteiger partial charge in [0.15, 0.2) is 0 Å². The minimum absolute atomic E-state index is 0.333. The quantitative estimate of drug-likeness (QED) is 0.470. The average Bonchev–Trinajstić information content (AvgIpc) is 3.42. The van der Waals surface area contributed by atoms with E-state index in [-0.39, 0.29) is 0 Å². The Morgan fingerprint density at radius 1 is 1.07 bits per heavy atom. The molecule has 1 fully saturated rings. The van der Waals surface area contributed by atoms with E-state index in [4.69, 9.17) is 0 Å². The number of thiazole rings is 1. The highest BCUT2D eigenvalue weighted by Gasteiger charge is 2.26. The molecule has 0 saturated carbocycles. The van der Waals surface area contributed by atoms with Crippen LogP contribution in [0.2, 0.25) is 0 Å². The number of hydrogen-bond acceptors (Lipinski definition) is 6. The molecule has 0 radical (unpaired) electrons. The van der Waals surface area contributed by atoms with Gasteiger partial charge >= 0.3 is 0 Å². The molecule has 1 aliphatic rings. The second kappa shape index (κ2) is 8.44. The van der Waals surface area contributed by atoms with E-state index in [1.165, 1.54) is 16.9 Å². The Kier molecular flexibility index (Phi) is 5.75. The van der Waals surface area contributed by atoms with Crippen LogP contribution in [-0.4, -0.2) is 37.0 Å². The average molecular weight is 427 g/mol. The van der Waals surface area contributed by atoms with Gasteiger partial charge in [0.1, 0.15) is 0 Å². The van der Waals surface area contributed by atoms with Crippen LogP contribution in [0.5, 0.6) is 0 Å². The molecule has 0 bridgehead atoms. The van der Waals surface area contributed by atoms with Crippen molar-refractivity contribution >= 4 is 32.7 Å². The van der Waals surface area contributed by atoms with Crippen molar-refractivity contribution in [2.24, 2.45) is 5.10 Å². The van der Waals surface area contributed by atoms with E-state index in [1.54, 1.807) is 34.8 Å². The van der Waals surface area contributed by atoms with Crippen LogP contribution in [0.3, 0.4) is 0 Å². The number of benzene rings is 2. The Morgan fingerprint density at radius 3 is 2.45 bits per heavy atom. The van der Waals surface area contributed by atoms with E-state index >= 15 is 0 Å². The van der Waals surface area contributed by atoms with Gasteiger partial charge < -0.3 is 0 Å². The van der Waals surface area contributed by atoms with Crippen molar-refractivity contribution in [3.63, 3.8) is 0 Å². The summed E-state index contributed by atoms with van der Waals surface area (Å²) >= 11 is 1.45. The van der Waals surface area contributed by atoms with E-state index < -0.39 is 10.0 Å². The fourth-order valence-corrected chi connectivity index (χ4v) is 5.33. The molecule has 4 rings (SSSR count). The van der Waals surface area contributed by atoms with Crippen LogP contribution < -0.4 is 5.43 Å². The first-order chi connectivity index (χ1) is 14.0. The van der Waals surface area contributed by atoms with Gasteiger partial charge in [0.2, 0.25) is 15.2 Å². The van der Waals surface area contributed by atoms with Crippen LogP contribution in [-0.2, 0) is 10.0 Å². The maximum atomic E-state index is 12.6. The number of sulfonamides is 1. The van der Waals surface area contributed by atoms with Gasteiger partial charge in [0.05, 0.1) is 16.8 Å². The summed E-state index contributed by atoms with van der Waals surface area (Å²) in [7, 11) is -3.39. The molecule has 1 aliphatic heterocycles. The van der Waals surface area contributed by atoms with Crippen LogP contribution in [0.25, 0.3) is 11.3 Å². The first-order valence-electron chi connectivity index (χ1n) is 9.44. The molecule has 1 N–H and O–H groups in total. The maximum absolute atomic E-state index is 12.6. The van der Waals surface area contributed by atoms with Crippen molar-refractivity contribution in [2.45, 2.75) is 24.7 Å². The molecule has 0 amide bonds. The summed E-state index contributed by atoms with van der Waals surface area (Å²) < 4.78 is 26.8. The lowest BCUT2D eigenvalue weighted by atomic mass is 10.2. The predicted molar refractivity (Wildman–Crippen MR) is 118 cm³/mol. The van der Waals surface area contributed by atoms with Gasteiger partial charge in [0.25, 0.3) is 0 Å². The summed E-state index contributed by atoms with van der Waals surface area (Å²) in [6.07, 6.45) is 3.61. The van der Waals surface area contributed by atoms with Gasteiger partial charge in [-0.25, -0.2) is 13.4 Å². The van der Waals surface area contributed by atoms with E-state index in [2.05, 4.69) is 15.5 Å². The highest BCUT2D eigenvalue weighted by molar-refractivity contribution is 7.89. The zero-order valence-corrected chi connectivity index (χ0v) is 17.7. The molecule has 6 nitrogen and oxygen atoms in total. The van der Waals surface area contributed by atoms with Crippen molar-refractivity contribution in [1.29, 1.82) is 0 Å². The lowest BCUT2D eigenvalue weighted by Gasteiger charge is -2.15. The number of anilines is 1. The van der Waals surface area contributed by atoms with E-state index in [0.29, 0.717) is 23.1 Å². The molecule has 2 heterocycles. The molecule has 8 heteroatoms. The molecule has 3 aromatic rings. The Hall–Kier alpha value is -2.55. The number of nitrogens with one attached hydrogen (secondary N) is 1. The molecule has 0 aliphatic carbocycles. The van der Waals surface area contributed by atoms with Crippen molar-refractivity contribution in [3.8, 4) is 11.3 Å². The van der Waals surface area contributed by atoms with Gasteiger partial charge in [-0.3, -0.25) is 5.43 Å². The third-order valence-electron chi connectivity index (χ3n) is 4.81. The second-order valence-corrected chi connectivity index (χ2v) is 9.75. The fourth-order valence-electron chi connectivity index (χ4n) is 3.15. The fraction of sp³-hybridized carbons (Fsp3) is 0.238. The largest absolute Gasteiger partial charge is 0.253 e. The molecule has 1 aromatic heterocycles. The molecule has 0 unspecified atom stereocenters. The number of hydrazone groups is 1. The van der Waals surface area contributed by atoms with Crippen molar-refractivity contribution in [3.05, 3.63) is 65.0 Å². The molecule has 1 saturated heterocycles. The van der Waals surface area contributed by atoms with Crippen molar-refractivity contribution < 1.29 is 8.42 Å². The standard InChI is InChI=1S/C21H22N4O2S2/c1-16-4-6-17(7-5-16)14-22-24-21-23-20(15-28-21)18-8-10-19(11-9-18)29(26,27)25-12-2-3-13-25/h4-11,14-15H,2-3,12-13H2,1H3,(H,23,24). The van der Waals surface area contributed by atoms with Crippen molar-refractivity contribution in [1.82, 2.24) is 9.29 Å². The maximum Gasteiger partial charge on any atom is 0.243 e. The number of aryl methyl sites for hydroxylation is 1. The Bertz CT molecular complexity index is 1100. The van der Waals surface area contributed by atoms with Crippen LogP contribution in [0, 0.1) is 6.92 Å². The normalized spacial score (nSPS) is 15.2. The molecule has 0 spiro atoms. The summed E-state index contributed by atoms with van der Waals surface area (Å²) in [5, 5.41) is 6.83. The lowest BCUT2D eigenvalue weighted by molar-refractivity contribution is 0.477. The summed E-state index contributed by atoms with van der Waals surface area (Å²) in [5.74, 6) is 0. The Balaban J connectivity index is 1.43. The SMILES string of the molecule is Cc1ccc(C=NNc2nc(-c3ccc(S(=O)(=O)N4CCCC4)cc3)cs2)cc1. The minimum Gasteiger partial charge on any atom is -0.253 e. The molecule has 29 heavy (non-hydrogen) atoms. The number of rotatable bonds is 6. The van der Waals surface area contributed by atoms with Crippen LogP contribution in [0.1, 0.15) is 24.0 Å².